The number of hydrogen-bond donors (Lipinski definition) is 0. The number of ether oxygens (including phenoxy) is 1. The van der Waals surface area contributed by atoms with Crippen LogP contribution in [-0.4, -0.2) is 17.1 Å². The zero-order valence-corrected chi connectivity index (χ0v) is 11.3. The summed E-state index contributed by atoms with van der Waals surface area (Å²) in [5, 5.41) is 9.29. The summed E-state index contributed by atoms with van der Waals surface area (Å²) in [6, 6.07) is 9.54. The maximum Gasteiger partial charge on any atom is 0.133 e. The van der Waals surface area contributed by atoms with E-state index in [0.717, 1.165) is 15.8 Å². The third kappa shape index (κ3) is 2.49. The molecule has 2 aromatic rings. The summed E-state index contributed by atoms with van der Waals surface area (Å²) in [6.07, 6.45) is 3.07. The molecule has 0 N–H and O–H groups in total. The van der Waals surface area contributed by atoms with Crippen molar-refractivity contribution in [2.75, 3.05) is 7.11 Å². The molecule has 90 valence electrons. The molecule has 0 aliphatic carbocycles. The highest BCUT2D eigenvalue weighted by molar-refractivity contribution is 9.10. The van der Waals surface area contributed by atoms with Crippen molar-refractivity contribution in [1.82, 2.24) is 9.97 Å². The Hall–Kier alpha value is -1.93. The van der Waals surface area contributed by atoms with Crippen LogP contribution in [0.15, 0.2) is 41.3 Å². The van der Waals surface area contributed by atoms with Crippen molar-refractivity contribution in [1.29, 1.82) is 5.26 Å². The van der Waals surface area contributed by atoms with Gasteiger partial charge in [0.1, 0.15) is 18.0 Å². The molecule has 1 heterocycles. The summed E-state index contributed by atoms with van der Waals surface area (Å²) in [5.41, 5.74) is 1.55. The van der Waals surface area contributed by atoms with Gasteiger partial charge in [0.15, 0.2) is 0 Å². The fraction of sp³-hybridized carbons (Fsp3) is 0.154. The SMILES string of the molecule is COc1ccc(C(C#N)c2ccncn2)cc1Br. The van der Waals surface area contributed by atoms with Gasteiger partial charge in [-0.05, 0) is 39.7 Å². The van der Waals surface area contributed by atoms with Gasteiger partial charge in [0, 0.05) is 6.20 Å². The quantitative estimate of drug-likeness (QED) is 0.875. The lowest BCUT2D eigenvalue weighted by Crippen LogP contribution is -2.01. The Morgan fingerprint density at radius 2 is 2.22 bits per heavy atom. The highest BCUT2D eigenvalue weighted by Gasteiger charge is 2.16. The van der Waals surface area contributed by atoms with E-state index in [0.29, 0.717) is 5.69 Å². The molecule has 0 radical (unpaired) electrons. The first kappa shape index (κ1) is 12.5. The van der Waals surface area contributed by atoms with E-state index in [1.807, 2.05) is 18.2 Å². The van der Waals surface area contributed by atoms with E-state index in [2.05, 4.69) is 32.0 Å². The minimum atomic E-state index is -0.407. The van der Waals surface area contributed by atoms with Crippen LogP contribution in [0.5, 0.6) is 5.75 Å². The number of hydrogen-bond acceptors (Lipinski definition) is 4. The van der Waals surface area contributed by atoms with Crippen LogP contribution in [-0.2, 0) is 0 Å². The second-order valence-corrected chi connectivity index (χ2v) is 4.44. The molecule has 18 heavy (non-hydrogen) atoms. The third-order valence-corrected chi connectivity index (χ3v) is 3.16. The number of benzene rings is 1. The fourth-order valence-electron chi connectivity index (χ4n) is 1.65. The molecule has 0 aliphatic heterocycles. The van der Waals surface area contributed by atoms with Crippen LogP contribution in [0.1, 0.15) is 17.2 Å². The van der Waals surface area contributed by atoms with Gasteiger partial charge < -0.3 is 4.74 Å². The zero-order valence-electron chi connectivity index (χ0n) is 9.67. The predicted octanol–water partition coefficient (Wildman–Crippen LogP) is 2.90. The predicted molar refractivity (Wildman–Crippen MR) is 70.2 cm³/mol. The van der Waals surface area contributed by atoms with Gasteiger partial charge in [-0.2, -0.15) is 5.26 Å². The molecule has 0 saturated carbocycles. The lowest BCUT2D eigenvalue weighted by atomic mass is 9.97. The van der Waals surface area contributed by atoms with Gasteiger partial charge in [0.05, 0.1) is 23.3 Å². The second kappa shape index (κ2) is 5.61. The first-order chi connectivity index (χ1) is 8.76. The van der Waals surface area contributed by atoms with Gasteiger partial charge in [-0.1, -0.05) is 6.07 Å². The Bertz CT molecular complexity index is 581. The average Bonchev–Trinajstić information content (AvgIpc) is 2.41. The third-order valence-electron chi connectivity index (χ3n) is 2.54. The highest BCUT2D eigenvalue weighted by Crippen LogP contribution is 2.30. The molecule has 5 heteroatoms. The van der Waals surface area contributed by atoms with Crippen molar-refractivity contribution in [2.45, 2.75) is 5.92 Å². The topological polar surface area (TPSA) is 58.8 Å². The number of halogens is 1. The normalized spacial score (nSPS) is 11.6. The van der Waals surface area contributed by atoms with E-state index >= 15 is 0 Å². The van der Waals surface area contributed by atoms with Crippen molar-refractivity contribution < 1.29 is 4.74 Å². The van der Waals surface area contributed by atoms with Gasteiger partial charge in [0.25, 0.3) is 0 Å². The lowest BCUT2D eigenvalue weighted by molar-refractivity contribution is 0.412. The van der Waals surface area contributed by atoms with E-state index in [-0.39, 0.29) is 0 Å². The Morgan fingerprint density at radius 3 is 2.78 bits per heavy atom. The monoisotopic (exact) mass is 303 g/mol. The van der Waals surface area contributed by atoms with Crippen LogP contribution < -0.4 is 4.74 Å². The summed E-state index contributed by atoms with van der Waals surface area (Å²) >= 11 is 3.41. The number of nitriles is 1. The van der Waals surface area contributed by atoms with Crippen LogP contribution in [0.4, 0.5) is 0 Å². The maximum absolute atomic E-state index is 9.29. The van der Waals surface area contributed by atoms with Gasteiger partial charge in [-0.15, -0.1) is 0 Å². The molecule has 4 nitrogen and oxygen atoms in total. The molecule has 1 aromatic carbocycles. The molecule has 1 atom stereocenters. The summed E-state index contributed by atoms with van der Waals surface area (Å²) in [5.74, 6) is 0.327. The molecular weight excluding hydrogens is 294 g/mol. The molecule has 0 amide bonds. The minimum absolute atomic E-state index is 0.407. The smallest absolute Gasteiger partial charge is 0.133 e. The number of aromatic nitrogens is 2. The van der Waals surface area contributed by atoms with Crippen molar-refractivity contribution in [3.8, 4) is 11.8 Å². The van der Waals surface area contributed by atoms with E-state index in [1.54, 1.807) is 19.4 Å². The van der Waals surface area contributed by atoms with Crippen molar-refractivity contribution >= 4 is 15.9 Å². The molecule has 0 saturated heterocycles. The Kier molecular flexibility index (Phi) is 3.90. The van der Waals surface area contributed by atoms with Gasteiger partial charge >= 0.3 is 0 Å². The van der Waals surface area contributed by atoms with Crippen LogP contribution in [0.2, 0.25) is 0 Å². The molecule has 0 fully saturated rings. The Labute approximate surface area is 113 Å². The average molecular weight is 304 g/mol. The van der Waals surface area contributed by atoms with Crippen LogP contribution in [0, 0.1) is 11.3 Å². The molecule has 0 aliphatic rings. The highest BCUT2D eigenvalue weighted by atomic mass is 79.9. The standard InChI is InChI=1S/C13H10BrN3O/c1-18-13-3-2-9(6-11(13)14)10(7-15)12-4-5-16-8-17-12/h2-6,8,10H,1H3. The Balaban J connectivity index is 2.41. The summed E-state index contributed by atoms with van der Waals surface area (Å²) < 4.78 is 5.98. The van der Waals surface area contributed by atoms with E-state index < -0.39 is 5.92 Å². The number of rotatable bonds is 3. The van der Waals surface area contributed by atoms with E-state index in [1.165, 1.54) is 6.33 Å². The second-order valence-electron chi connectivity index (χ2n) is 3.59. The first-order valence-corrected chi connectivity index (χ1v) is 6.04. The van der Waals surface area contributed by atoms with E-state index in [4.69, 9.17) is 4.74 Å². The molecule has 0 spiro atoms. The largest absolute Gasteiger partial charge is 0.496 e. The molecular formula is C13H10BrN3O. The maximum atomic E-state index is 9.29. The van der Waals surface area contributed by atoms with Gasteiger partial charge in [0.2, 0.25) is 0 Å². The lowest BCUT2D eigenvalue weighted by Gasteiger charge is -2.10. The van der Waals surface area contributed by atoms with Crippen LogP contribution >= 0.6 is 15.9 Å². The Morgan fingerprint density at radius 1 is 1.39 bits per heavy atom. The summed E-state index contributed by atoms with van der Waals surface area (Å²) in [4.78, 5) is 7.97. The molecule has 0 bridgehead atoms. The van der Waals surface area contributed by atoms with Crippen molar-refractivity contribution in [3.63, 3.8) is 0 Å². The number of nitrogens with zero attached hydrogens (tertiary/aromatic N) is 3. The molecule has 1 aromatic heterocycles. The number of methoxy groups -OCH3 is 1. The van der Waals surface area contributed by atoms with Crippen LogP contribution in [0.25, 0.3) is 0 Å². The minimum Gasteiger partial charge on any atom is -0.496 e. The van der Waals surface area contributed by atoms with E-state index in [9.17, 15) is 5.26 Å². The first-order valence-electron chi connectivity index (χ1n) is 5.25. The summed E-state index contributed by atoms with van der Waals surface area (Å²) in [6.45, 7) is 0. The molecule has 1 unspecified atom stereocenters. The van der Waals surface area contributed by atoms with Gasteiger partial charge in [-0.3, -0.25) is 0 Å². The van der Waals surface area contributed by atoms with Crippen LogP contribution in [0.3, 0.4) is 0 Å². The van der Waals surface area contributed by atoms with Crippen molar-refractivity contribution in [2.24, 2.45) is 0 Å². The fourth-order valence-corrected chi connectivity index (χ4v) is 2.20. The van der Waals surface area contributed by atoms with Gasteiger partial charge in [-0.25, -0.2) is 9.97 Å². The molecule has 2 rings (SSSR count). The summed E-state index contributed by atoms with van der Waals surface area (Å²) in [7, 11) is 1.60. The zero-order chi connectivity index (χ0) is 13.0. The van der Waals surface area contributed by atoms with Crippen molar-refractivity contribution in [3.05, 3.63) is 52.5 Å².